The first-order chi connectivity index (χ1) is 6.44. The van der Waals surface area contributed by atoms with Gasteiger partial charge in [-0.05, 0) is 47.7 Å². The quantitative estimate of drug-likeness (QED) is 0.783. The summed E-state index contributed by atoms with van der Waals surface area (Å²) in [5, 5.41) is 0. The van der Waals surface area contributed by atoms with Crippen molar-refractivity contribution in [3.05, 3.63) is 22.7 Å². The van der Waals surface area contributed by atoms with E-state index in [2.05, 4.69) is 35.6 Å². The van der Waals surface area contributed by atoms with Crippen LogP contribution in [0.2, 0.25) is 19.6 Å². The molecule has 0 spiro atoms. The Balaban J connectivity index is 3.05. The highest BCUT2D eigenvalue weighted by molar-refractivity contribution is 9.10. The Morgan fingerprint density at radius 2 is 1.86 bits per heavy atom. The molecule has 78 valence electrons. The average molecular weight is 275 g/mol. The monoisotopic (exact) mass is 274 g/mol. The van der Waals surface area contributed by atoms with Crippen molar-refractivity contribution in [2.45, 2.75) is 19.6 Å². The highest BCUT2D eigenvalue weighted by Gasteiger charge is 2.20. The van der Waals surface area contributed by atoms with Gasteiger partial charge in [-0.1, -0.05) is 6.07 Å². The highest BCUT2D eigenvalue weighted by atomic mass is 79.9. The minimum Gasteiger partial charge on any atom is -0.541 e. The molecule has 0 aliphatic rings. The van der Waals surface area contributed by atoms with Crippen molar-refractivity contribution in [2.75, 3.05) is 7.11 Å². The molecule has 0 amide bonds. The lowest BCUT2D eigenvalue weighted by molar-refractivity contribution is 0.391. The Labute approximate surface area is 94.5 Å². The molecule has 0 bridgehead atoms. The van der Waals surface area contributed by atoms with Gasteiger partial charge in [-0.25, -0.2) is 0 Å². The highest BCUT2D eigenvalue weighted by Crippen LogP contribution is 2.36. The first-order valence-corrected chi connectivity index (χ1v) is 8.65. The summed E-state index contributed by atoms with van der Waals surface area (Å²) in [5.41, 5.74) is 0. The molecule has 0 saturated heterocycles. The van der Waals surface area contributed by atoms with E-state index in [0.717, 1.165) is 16.0 Å². The number of methoxy groups -OCH3 is 1. The van der Waals surface area contributed by atoms with Crippen molar-refractivity contribution in [2.24, 2.45) is 0 Å². The lowest BCUT2D eigenvalue weighted by atomic mass is 10.3. The van der Waals surface area contributed by atoms with E-state index < -0.39 is 8.32 Å². The molecule has 0 aromatic heterocycles. The molecule has 4 heteroatoms. The lowest BCUT2D eigenvalue weighted by Crippen LogP contribution is -2.29. The molecular weight excluding hydrogens is 260 g/mol. The van der Waals surface area contributed by atoms with Gasteiger partial charge in [0.15, 0.2) is 11.5 Å². The first-order valence-electron chi connectivity index (χ1n) is 4.45. The number of rotatable bonds is 3. The van der Waals surface area contributed by atoms with E-state index in [9.17, 15) is 0 Å². The molecule has 0 aliphatic carbocycles. The summed E-state index contributed by atoms with van der Waals surface area (Å²) in [4.78, 5) is 0. The minimum absolute atomic E-state index is 0.779. The summed E-state index contributed by atoms with van der Waals surface area (Å²) >= 11 is 3.46. The summed E-state index contributed by atoms with van der Waals surface area (Å²) in [6.45, 7) is 6.43. The van der Waals surface area contributed by atoms with Crippen LogP contribution >= 0.6 is 15.9 Å². The van der Waals surface area contributed by atoms with Gasteiger partial charge < -0.3 is 9.16 Å². The summed E-state index contributed by atoms with van der Waals surface area (Å²) < 4.78 is 12.1. The fraction of sp³-hybridized carbons (Fsp3) is 0.400. The van der Waals surface area contributed by atoms with Crippen LogP contribution in [0.15, 0.2) is 22.7 Å². The number of halogens is 1. The van der Waals surface area contributed by atoms with E-state index in [1.54, 1.807) is 7.11 Å². The van der Waals surface area contributed by atoms with E-state index >= 15 is 0 Å². The average Bonchev–Trinajstić information content (AvgIpc) is 2.06. The van der Waals surface area contributed by atoms with Crippen molar-refractivity contribution in [3.8, 4) is 11.5 Å². The Hall–Kier alpha value is -0.483. The van der Waals surface area contributed by atoms with Gasteiger partial charge in [-0.2, -0.15) is 0 Å². The Morgan fingerprint density at radius 1 is 1.21 bits per heavy atom. The summed E-state index contributed by atoms with van der Waals surface area (Å²) in [6.07, 6.45) is 0. The molecule has 0 N–H and O–H groups in total. The second-order valence-corrected chi connectivity index (χ2v) is 9.27. The van der Waals surface area contributed by atoms with Crippen LogP contribution in [0.25, 0.3) is 0 Å². The third-order valence-corrected chi connectivity index (χ3v) is 3.00. The second-order valence-electron chi connectivity index (χ2n) is 3.99. The molecular formula is C10H15BrO2Si. The molecule has 0 saturated carbocycles. The molecule has 14 heavy (non-hydrogen) atoms. The normalized spacial score (nSPS) is 11.2. The number of ether oxygens (including phenoxy) is 1. The van der Waals surface area contributed by atoms with Crippen molar-refractivity contribution in [3.63, 3.8) is 0 Å². The Morgan fingerprint density at radius 3 is 2.36 bits per heavy atom. The maximum Gasteiger partial charge on any atom is 0.242 e. The van der Waals surface area contributed by atoms with Gasteiger partial charge in [0.2, 0.25) is 8.32 Å². The van der Waals surface area contributed by atoms with Crippen LogP contribution in [-0.2, 0) is 0 Å². The van der Waals surface area contributed by atoms with Crippen molar-refractivity contribution >= 4 is 24.2 Å². The number of hydrogen-bond acceptors (Lipinski definition) is 2. The van der Waals surface area contributed by atoms with Crippen LogP contribution in [0.3, 0.4) is 0 Å². The number of para-hydroxylation sites is 1. The first kappa shape index (κ1) is 11.6. The molecule has 2 nitrogen and oxygen atoms in total. The molecule has 1 aromatic rings. The largest absolute Gasteiger partial charge is 0.541 e. The second kappa shape index (κ2) is 4.36. The molecule has 0 aliphatic heterocycles. The molecule has 0 fully saturated rings. The smallest absolute Gasteiger partial charge is 0.242 e. The van der Waals surface area contributed by atoms with Gasteiger partial charge in [-0.3, -0.25) is 0 Å². The maximum absolute atomic E-state index is 5.92. The minimum atomic E-state index is -1.59. The van der Waals surface area contributed by atoms with Crippen LogP contribution < -0.4 is 9.16 Å². The van der Waals surface area contributed by atoms with Crippen LogP contribution in [0.4, 0.5) is 0 Å². The third kappa shape index (κ3) is 3.03. The predicted molar refractivity (Wildman–Crippen MR) is 64.7 cm³/mol. The SMILES string of the molecule is COc1cccc(Br)c1O[Si](C)(C)C. The zero-order valence-corrected chi connectivity index (χ0v) is 11.5. The maximum atomic E-state index is 5.92. The van der Waals surface area contributed by atoms with Crippen molar-refractivity contribution < 1.29 is 9.16 Å². The number of benzene rings is 1. The van der Waals surface area contributed by atoms with Crippen LogP contribution in [0.1, 0.15) is 0 Å². The fourth-order valence-corrected chi connectivity index (χ4v) is 2.46. The Kier molecular flexibility index (Phi) is 3.61. The van der Waals surface area contributed by atoms with Crippen molar-refractivity contribution in [1.82, 2.24) is 0 Å². The van der Waals surface area contributed by atoms with E-state index in [1.165, 1.54) is 0 Å². The predicted octanol–water partition coefficient (Wildman–Crippen LogP) is 3.67. The summed E-state index contributed by atoms with van der Waals surface area (Å²) in [7, 11) is 0.0646. The fourth-order valence-electron chi connectivity index (χ4n) is 1.06. The van der Waals surface area contributed by atoms with Crippen molar-refractivity contribution in [1.29, 1.82) is 0 Å². The molecule has 1 rings (SSSR count). The molecule has 0 atom stereocenters. The van der Waals surface area contributed by atoms with Crippen LogP contribution in [0.5, 0.6) is 11.5 Å². The number of hydrogen-bond donors (Lipinski definition) is 0. The molecule has 0 radical (unpaired) electrons. The van der Waals surface area contributed by atoms with E-state index in [-0.39, 0.29) is 0 Å². The molecule has 0 heterocycles. The van der Waals surface area contributed by atoms with Gasteiger partial charge in [0, 0.05) is 0 Å². The zero-order valence-electron chi connectivity index (χ0n) is 8.93. The summed E-state index contributed by atoms with van der Waals surface area (Å²) in [6, 6.07) is 5.79. The van der Waals surface area contributed by atoms with E-state index in [4.69, 9.17) is 9.16 Å². The molecule has 1 aromatic carbocycles. The topological polar surface area (TPSA) is 18.5 Å². The van der Waals surface area contributed by atoms with Crippen LogP contribution in [-0.4, -0.2) is 15.4 Å². The lowest BCUT2D eigenvalue weighted by Gasteiger charge is -2.21. The zero-order chi connectivity index (χ0) is 10.8. The van der Waals surface area contributed by atoms with Gasteiger partial charge in [-0.15, -0.1) is 0 Å². The van der Waals surface area contributed by atoms with E-state index in [1.807, 2.05) is 18.2 Å². The third-order valence-electron chi connectivity index (χ3n) is 1.56. The summed E-state index contributed by atoms with van der Waals surface area (Å²) in [5.74, 6) is 1.59. The van der Waals surface area contributed by atoms with Gasteiger partial charge in [0.25, 0.3) is 0 Å². The standard InChI is InChI=1S/C10H15BrO2Si/c1-12-9-7-5-6-8(11)10(9)13-14(2,3)4/h5-7H,1-4H3. The molecule has 0 unspecified atom stereocenters. The van der Waals surface area contributed by atoms with Gasteiger partial charge in [0.05, 0.1) is 11.6 Å². The van der Waals surface area contributed by atoms with Gasteiger partial charge >= 0.3 is 0 Å². The van der Waals surface area contributed by atoms with E-state index in [0.29, 0.717) is 0 Å². The Bertz CT molecular complexity index is 320. The van der Waals surface area contributed by atoms with Crippen LogP contribution in [0, 0.1) is 0 Å². The van der Waals surface area contributed by atoms with Gasteiger partial charge in [0.1, 0.15) is 0 Å².